The molecule has 0 aliphatic heterocycles. The van der Waals surface area contributed by atoms with Crippen molar-refractivity contribution < 1.29 is 9.32 Å². The molecule has 0 saturated carbocycles. The van der Waals surface area contributed by atoms with E-state index in [-0.39, 0.29) is 5.91 Å². The van der Waals surface area contributed by atoms with Gasteiger partial charge in [-0.3, -0.25) is 9.36 Å². The molecule has 0 atom stereocenters. The Kier molecular flexibility index (Phi) is 4.67. The molecule has 1 aromatic carbocycles. The van der Waals surface area contributed by atoms with E-state index in [1.54, 1.807) is 54.3 Å². The van der Waals surface area contributed by atoms with Crippen LogP contribution in [0.5, 0.6) is 0 Å². The van der Waals surface area contributed by atoms with Gasteiger partial charge in [-0.2, -0.15) is 4.98 Å². The highest BCUT2D eigenvalue weighted by atomic mass is 16.5. The first kappa shape index (κ1) is 17.6. The number of amides is 1. The summed E-state index contributed by atoms with van der Waals surface area (Å²) in [6.07, 6.45) is 4.87. The molecule has 8 nitrogen and oxygen atoms in total. The van der Waals surface area contributed by atoms with Crippen molar-refractivity contribution in [1.82, 2.24) is 29.6 Å². The molecule has 0 saturated heterocycles. The Bertz CT molecular complexity index is 1100. The number of hydrogen-bond donors (Lipinski definition) is 0. The van der Waals surface area contributed by atoms with Crippen LogP contribution in [-0.4, -0.2) is 42.5 Å². The first-order valence-corrected chi connectivity index (χ1v) is 8.70. The summed E-state index contributed by atoms with van der Waals surface area (Å²) in [5.41, 5.74) is 2.15. The first-order valence-electron chi connectivity index (χ1n) is 8.70. The lowest BCUT2D eigenvalue weighted by Crippen LogP contribution is -2.26. The maximum absolute atomic E-state index is 12.7. The number of nitrogens with zero attached hydrogens (tertiary/aromatic N) is 6. The zero-order valence-corrected chi connectivity index (χ0v) is 15.5. The van der Waals surface area contributed by atoms with Gasteiger partial charge < -0.3 is 9.42 Å². The molecule has 28 heavy (non-hydrogen) atoms. The van der Waals surface area contributed by atoms with Gasteiger partial charge in [0.05, 0.1) is 0 Å². The fourth-order valence-electron chi connectivity index (χ4n) is 2.79. The number of imidazole rings is 1. The number of carbonyl (C=O) groups excluding carboxylic acids is 1. The van der Waals surface area contributed by atoms with Gasteiger partial charge in [-0.25, -0.2) is 9.97 Å². The highest BCUT2D eigenvalue weighted by Crippen LogP contribution is 2.19. The van der Waals surface area contributed by atoms with Crippen LogP contribution < -0.4 is 0 Å². The third kappa shape index (κ3) is 3.66. The Morgan fingerprint density at radius 1 is 1.18 bits per heavy atom. The minimum Gasteiger partial charge on any atom is -0.336 e. The molecule has 140 valence electrons. The average Bonchev–Trinajstić information content (AvgIpc) is 3.38. The molecule has 0 radical (unpaired) electrons. The summed E-state index contributed by atoms with van der Waals surface area (Å²) in [7, 11) is 1.76. The summed E-state index contributed by atoms with van der Waals surface area (Å²) >= 11 is 0. The molecule has 4 aromatic rings. The van der Waals surface area contributed by atoms with E-state index in [0.29, 0.717) is 29.8 Å². The molecule has 3 aromatic heterocycles. The molecule has 1 amide bonds. The van der Waals surface area contributed by atoms with Crippen LogP contribution in [0.25, 0.3) is 17.3 Å². The van der Waals surface area contributed by atoms with Gasteiger partial charge >= 0.3 is 0 Å². The van der Waals surface area contributed by atoms with Crippen molar-refractivity contribution in [2.45, 2.75) is 13.5 Å². The molecule has 8 heteroatoms. The third-order valence-electron chi connectivity index (χ3n) is 4.20. The van der Waals surface area contributed by atoms with Gasteiger partial charge in [-0.05, 0) is 24.6 Å². The van der Waals surface area contributed by atoms with Crippen molar-refractivity contribution in [3.05, 3.63) is 78.3 Å². The van der Waals surface area contributed by atoms with Crippen molar-refractivity contribution in [2.75, 3.05) is 7.05 Å². The third-order valence-corrected chi connectivity index (χ3v) is 4.20. The van der Waals surface area contributed by atoms with Gasteiger partial charge in [-0.15, -0.1) is 0 Å². The van der Waals surface area contributed by atoms with Gasteiger partial charge in [0.25, 0.3) is 11.8 Å². The van der Waals surface area contributed by atoms with Gasteiger partial charge in [0.2, 0.25) is 0 Å². The lowest BCUT2D eigenvalue weighted by atomic mass is 10.2. The number of carbonyl (C=O) groups is 1. The first-order chi connectivity index (χ1) is 13.6. The lowest BCUT2D eigenvalue weighted by Gasteiger charge is -2.15. The second-order valence-electron chi connectivity index (χ2n) is 6.36. The van der Waals surface area contributed by atoms with Gasteiger partial charge in [0, 0.05) is 31.5 Å². The molecule has 0 fully saturated rings. The van der Waals surface area contributed by atoms with E-state index in [2.05, 4.69) is 20.1 Å². The van der Waals surface area contributed by atoms with Gasteiger partial charge in [0.15, 0.2) is 5.82 Å². The topological polar surface area (TPSA) is 89.9 Å². The van der Waals surface area contributed by atoms with Crippen LogP contribution >= 0.6 is 0 Å². The van der Waals surface area contributed by atoms with Crippen LogP contribution in [0.2, 0.25) is 0 Å². The smallest absolute Gasteiger partial charge is 0.274 e. The molecule has 0 bridgehead atoms. The zero-order valence-electron chi connectivity index (χ0n) is 15.5. The minimum atomic E-state index is -0.161. The summed E-state index contributed by atoms with van der Waals surface area (Å²) < 4.78 is 6.89. The highest BCUT2D eigenvalue weighted by molar-refractivity contribution is 5.92. The van der Waals surface area contributed by atoms with Crippen molar-refractivity contribution in [3.63, 3.8) is 0 Å². The van der Waals surface area contributed by atoms with E-state index in [1.165, 1.54) is 0 Å². The number of benzene rings is 1. The predicted molar refractivity (Wildman–Crippen MR) is 102 cm³/mol. The SMILES string of the molecule is Cc1noc(-c2ccnc(-n3cnc(C(=O)N(C)Cc4ccccc4)c3)c2)n1. The van der Waals surface area contributed by atoms with Gasteiger partial charge in [-0.1, -0.05) is 35.5 Å². The molecule has 0 spiro atoms. The fourth-order valence-corrected chi connectivity index (χ4v) is 2.79. The molecule has 0 aliphatic carbocycles. The van der Waals surface area contributed by atoms with Gasteiger partial charge in [0.1, 0.15) is 17.8 Å². The maximum Gasteiger partial charge on any atom is 0.274 e. The Labute approximate surface area is 161 Å². The molecular weight excluding hydrogens is 356 g/mol. The Balaban J connectivity index is 1.53. The van der Waals surface area contributed by atoms with Crippen LogP contribution in [0.15, 0.2) is 65.7 Å². The van der Waals surface area contributed by atoms with E-state index in [9.17, 15) is 4.79 Å². The van der Waals surface area contributed by atoms with Crippen molar-refractivity contribution >= 4 is 5.91 Å². The molecule has 4 rings (SSSR count). The number of pyridine rings is 1. The van der Waals surface area contributed by atoms with Crippen LogP contribution in [0, 0.1) is 6.92 Å². The zero-order chi connectivity index (χ0) is 19.5. The quantitative estimate of drug-likeness (QED) is 0.534. The normalized spacial score (nSPS) is 10.8. The van der Waals surface area contributed by atoms with Crippen LogP contribution in [-0.2, 0) is 6.54 Å². The minimum absolute atomic E-state index is 0.161. The molecule has 3 heterocycles. The monoisotopic (exact) mass is 374 g/mol. The van der Waals surface area contributed by atoms with E-state index in [4.69, 9.17) is 4.52 Å². The van der Waals surface area contributed by atoms with Crippen molar-refractivity contribution in [2.24, 2.45) is 0 Å². The van der Waals surface area contributed by atoms with E-state index in [1.807, 2.05) is 30.3 Å². The molecule has 0 aliphatic rings. The van der Waals surface area contributed by atoms with E-state index < -0.39 is 0 Å². The van der Waals surface area contributed by atoms with Crippen molar-refractivity contribution in [3.8, 4) is 17.3 Å². The number of aromatic nitrogens is 5. The van der Waals surface area contributed by atoms with Crippen LogP contribution in [0.1, 0.15) is 21.9 Å². The second kappa shape index (κ2) is 7.43. The Hall–Kier alpha value is -3.81. The van der Waals surface area contributed by atoms with E-state index >= 15 is 0 Å². The number of hydrogen-bond acceptors (Lipinski definition) is 6. The fraction of sp³-hybridized carbons (Fsp3) is 0.150. The largest absolute Gasteiger partial charge is 0.336 e. The Morgan fingerprint density at radius 2 is 2.00 bits per heavy atom. The summed E-state index contributed by atoms with van der Waals surface area (Å²) in [6.45, 7) is 2.27. The predicted octanol–water partition coefficient (Wildman–Crippen LogP) is 2.90. The molecule has 0 N–H and O–H groups in total. The van der Waals surface area contributed by atoms with Crippen LogP contribution in [0.3, 0.4) is 0 Å². The van der Waals surface area contributed by atoms with Crippen LogP contribution in [0.4, 0.5) is 0 Å². The summed E-state index contributed by atoms with van der Waals surface area (Å²) in [6, 6.07) is 13.4. The number of aryl methyl sites for hydroxylation is 1. The summed E-state index contributed by atoms with van der Waals surface area (Å²) in [4.78, 5) is 27.1. The summed E-state index contributed by atoms with van der Waals surface area (Å²) in [5.74, 6) is 1.42. The molecule has 0 unspecified atom stereocenters. The second-order valence-corrected chi connectivity index (χ2v) is 6.36. The lowest BCUT2D eigenvalue weighted by molar-refractivity contribution is 0.0780. The van der Waals surface area contributed by atoms with E-state index in [0.717, 1.165) is 11.1 Å². The number of rotatable bonds is 5. The summed E-state index contributed by atoms with van der Waals surface area (Å²) in [5, 5.41) is 3.80. The highest BCUT2D eigenvalue weighted by Gasteiger charge is 2.16. The van der Waals surface area contributed by atoms with Crippen molar-refractivity contribution in [1.29, 1.82) is 0 Å². The average molecular weight is 374 g/mol. The Morgan fingerprint density at radius 3 is 2.75 bits per heavy atom. The standard InChI is InChI=1S/C20H18N6O2/c1-14-23-19(28-24-14)16-8-9-21-18(10-16)26-12-17(22-13-26)20(27)25(2)11-15-6-4-3-5-7-15/h3-10,12-13H,11H2,1-2H3. The molecular formula is C20H18N6O2. The maximum atomic E-state index is 12.7.